The van der Waals surface area contributed by atoms with Crippen molar-refractivity contribution in [1.29, 1.82) is 0 Å². The van der Waals surface area contributed by atoms with Gasteiger partial charge >= 0.3 is 0 Å². The second kappa shape index (κ2) is 11.7. The van der Waals surface area contributed by atoms with Crippen LogP contribution in [0, 0.1) is 12.8 Å². The van der Waals surface area contributed by atoms with Gasteiger partial charge in [-0.3, -0.25) is 14.4 Å². The molecule has 9 nitrogen and oxygen atoms in total. The number of aliphatic hydroxyl groups excluding tert-OH is 1. The summed E-state index contributed by atoms with van der Waals surface area (Å²) in [4.78, 5) is 45.0. The molecular formula is C25H35N5O4S. The number of rotatable bonds is 9. The molecule has 2 heterocycles. The van der Waals surface area contributed by atoms with Crippen molar-refractivity contribution >= 4 is 29.1 Å². The van der Waals surface area contributed by atoms with E-state index in [0.717, 1.165) is 21.7 Å². The summed E-state index contributed by atoms with van der Waals surface area (Å²) < 4.78 is 0. The molecule has 2 aromatic rings. The highest BCUT2D eigenvalue weighted by Gasteiger charge is 2.40. The summed E-state index contributed by atoms with van der Waals surface area (Å²) in [6, 6.07) is 5.50. The molecular weight excluding hydrogens is 466 g/mol. The van der Waals surface area contributed by atoms with Crippen molar-refractivity contribution in [2.75, 3.05) is 6.54 Å². The van der Waals surface area contributed by atoms with Crippen LogP contribution in [0.1, 0.15) is 44.9 Å². The summed E-state index contributed by atoms with van der Waals surface area (Å²) in [5, 5.41) is 15.7. The van der Waals surface area contributed by atoms with Crippen molar-refractivity contribution in [3.63, 3.8) is 0 Å². The number of aryl methyl sites for hydroxylation is 1. The van der Waals surface area contributed by atoms with Gasteiger partial charge in [0.05, 0.1) is 28.2 Å². The monoisotopic (exact) mass is 501 g/mol. The van der Waals surface area contributed by atoms with E-state index in [1.165, 1.54) is 4.90 Å². The fourth-order valence-corrected chi connectivity index (χ4v) is 5.02. The molecule has 10 heteroatoms. The van der Waals surface area contributed by atoms with Crippen LogP contribution in [0.3, 0.4) is 0 Å². The Bertz CT molecular complexity index is 1040. The second-order valence-corrected chi connectivity index (χ2v) is 10.4. The molecule has 0 radical (unpaired) electrons. The van der Waals surface area contributed by atoms with Gasteiger partial charge in [-0.05, 0) is 37.3 Å². The Hall–Kier alpha value is -2.82. The highest BCUT2D eigenvalue weighted by atomic mass is 32.1. The zero-order chi connectivity index (χ0) is 25.7. The Morgan fingerprint density at radius 1 is 1.23 bits per heavy atom. The van der Waals surface area contributed by atoms with Crippen molar-refractivity contribution in [3.8, 4) is 10.4 Å². The van der Waals surface area contributed by atoms with Crippen molar-refractivity contribution < 1.29 is 19.5 Å². The fourth-order valence-electron chi connectivity index (χ4n) is 4.21. The molecule has 1 saturated heterocycles. The van der Waals surface area contributed by atoms with Crippen molar-refractivity contribution in [2.45, 2.75) is 71.3 Å². The molecule has 2 unspecified atom stereocenters. The van der Waals surface area contributed by atoms with E-state index in [-0.39, 0.29) is 24.8 Å². The molecule has 1 aromatic carbocycles. The molecule has 1 aliphatic heterocycles. The number of carbonyl (C=O) groups is 3. The average molecular weight is 502 g/mol. The highest BCUT2D eigenvalue weighted by Crippen LogP contribution is 2.27. The van der Waals surface area contributed by atoms with Gasteiger partial charge < -0.3 is 26.4 Å². The van der Waals surface area contributed by atoms with Crippen LogP contribution in [0.15, 0.2) is 29.8 Å². The maximum atomic E-state index is 13.0. The maximum absolute atomic E-state index is 13.0. The first-order valence-electron chi connectivity index (χ1n) is 11.9. The highest BCUT2D eigenvalue weighted by molar-refractivity contribution is 7.13. The number of nitrogens with zero attached hydrogens (tertiary/aromatic N) is 2. The van der Waals surface area contributed by atoms with Gasteiger partial charge in [0.25, 0.3) is 0 Å². The quantitative estimate of drug-likeness (QED) is 0.412. The number of hydrogen-bond acceptors (Lipinski definition) is 7. The third-order valence-electron chi connectivity index (χ3n) is 6.08. The molecule has 3 amide bonds. The summed E-state index contributed by atoms with van der Waals surface area (Å²) in [7, 11) is 0. The number of hydrogen-bond donors (Lipinski definition) is 4. The smallest absolute Gasteiger partial charge is 0.245 e. The number of nitrogens with two attached hydrogens (primary N) is 1. The zero-order valence-electron chi connectivity index (χ0n) is 20.7. The minimum atomic E-state index is -0.857. The number of likely N-dealkylation sites (tertiary alicyclic amines) is 1. The normalized spacial score (nSPS) is 19.5. The van der Waals surface area contributed by atoms with E-state index in [4.69, 9.17) is 5.73 Å². The lowest BCUT2D eigenvalue weighted by molar-refractivity contribution is -0.141. The van der Waals surface area contributed by atoms with Crippen molar-refractivity contribution in [1.82, 2.24) is 20.5 Å². The van der Waals surface area contributed by atoms with Gasteiger partial charge in [0.2, 0.25) is 17.7 Å². The molecule has 0 bridgehead atoms. The number of amides is 3. The van der Waals surface area contributed by atoms with Crippen LogP contribution in [0.5, 0.6) is 0 Å². The lowest BCUT2D eigenvalue weighted by Gasteiger charge is -2.27. The lowest BCUT2D eigenvalue weighted by Crippen LogP contribution is -2.54. The first-order valence-corrected chi connectivity index (χ1v) is 12.8. The third kappa shape index (κ3) is 6.87. The van der Waals surface area contributed by atoms with Gasteiger partial charge in [0.1, 0.15) is 12.1 Å². The Morgan fingerprint density at radius 3 is 2.51 bits per heavy atom. The van der Waals surface area contributed by atoms with Gasteiger partial charge in [-0.25, -0.2) is 4.98 Å². The third-order valence-corrected chi connectivity index (χ3v) is 7.06. The number of carbonyl (C=O) groups excluding carboxylic acids is 3. The molecule has 0 aliphatic carbocycles. The number of aromatic nitrogens is 1. The lowest BCUT2D eigenvalue weighted by atomic mass is 10.0. The van der Waals surface area contributed by atoms with E-state index >= 15 is 0 Å². The molecule has 0 saturated carbocycles. The Kier molecular flexibility index (Phi) is 8.98. The summed E-state index contributed by atoms with van der Waals surface area (Å²) in [5.74, 6) is -0.919. The topological polar surface area (TPSA) is 138 Å². The van der Waals surface area contributed by atoms with Crippen LogP contribution in [-0.2, 0) is 20.9 Å². The van der Waals surface area contributed by atoms with Gasteiger partial charge in [-0.1, -0.05) is 38.1 Å². The summed E-state index contributed by atoms with van der Waals surface area (Å²) >= 11 is 1.58. The second-order valence-electron chi connectivity index (χ2n) is 9.54. The predicted molar refractivity (Wildman–Crippen MR) is 135 cm³/mol. The van der Waals surface area contributed by atoms with Gasteiger partial charge in [0, 0.05) is 19.5 Å². The molecule has 1 aromatic heterocycles. The summed E-state index contributed by atoms with van der Waals surface area (Å²) in [6.07, 6.45) is -0.151. The molecule has 3 rings (SSSR count). The van der Waals surface area contributed by atoms with Crippen LogP contribution in [0.2, 0.25) is 0 Å². The van der Waals surface area contributed by atoms with E-state index in [1.807, 2.05) is 50.5 Å². The van der Waals surface area contributed by atoms with Crippen LogP contribution < -0.4 is 16.4 Å². The van der Waals surface area contributed by atoms with Crippen molar-refractivity contribution in [3.05, 3.63) is 41.0 Å². The first-order chi connectivity index (χ1) is 16.6. The molecule has 0 spiro atoms. The molecule has 1 fully saturated rings. The van der Waals surface area contributed by atoms with Crippen LogP contribution in [0.25, 0.3) is 10.4 Å². The number of benzene rings is 1. The predicted octanol–water partition coefficient (Wildman–Crippen LogP) is 1.57. The SMILES string of the molecule is Cc1ncsc1-c1ccc(CNC(=O)[C@@H]2C[C@@H](O)CN2C(=O)C(C)NC(=O)C(N)CC(C)C)cc1. The standard InChI is InChI=1S/C25H35N5O4S/c1-14(2)9-20(26)23(32)29-16(4)25(34)30-12-19(31)10-21(30)24(33)27-11-17-5-7-18(8-6-17)22-15(3)28-13-35-22/h5-8,13-14,16,19-21,31H,9-12,26H2,1-4H3,(H,27,33)(H,29,32)/t16?,19-,20?,21+/m1/s1. The molecule has 35 heavy (non-hydrogen) atoms. The Morgan fingerprint density at radius 2 is 1.91 bits per heavy atom. The fraction of sp³-hybridized carbons (Fsp3) is 0.520. The summed E-state index contributed by atoms with van der Waals surface area (Å²) in [6.45, 7) is 7.80. The maximum Gasteiger partial charge on any atom is 0.245 e. The van der Waals surface area contributed by atoms with Gasteiger partial charge in [-0.2, -0.15) is 0 Å². The van der Waals surface area contributed by atoms with Crippen LogP contribution >= 0.6 is 11.3 Å². The van der Waals surface area contributed by atoms with Crippen LogP contribution in [-0.4, -0.2) is 63.5 Å². The number of β-amino-alcohol motifs (C(OH)–C–C–N with tert-alkyl or cyclic N) is 1. The number of thiazole rings is 1. The average Bonchev–Trinajstić information content (AvgIpc) is 3.42. The molecule has 4 atom stereocenters. The molecule has 5 N–H and O–H groups in total. The van der Waals surface area contributed by atoms with E-state index in [0.29, 0.717) is 13.0 Å². The Balaban J connectivity index is 1.57. The molecule has 190 valence electrons. The van der Waals surface area contributed by atoms with E-state index in [2.05, 4.69) is 15.6 Å². The minimum absolute atomic E-state index is 0.0398. The van der Waals surface area contributed by atoms with E-state index < -0.39 is 36.0 Å². The van der Waals surface area contributed by atoms with Crippen LogP contribution in [0.4, 0.5) is 0 Å². The summed E-state index contributed by atoms with van der Waals surface area (Å²) in [5.41, 5.74) is 10.7. The number of aliphatic hydroxyl groups is 1. The first kappa shape index (κ1) is 26.8. The zero-order valence-corrected chi connectivity index (χ0v) is 21.5. The van der Waals surface area contributed by atoms with E-state index in [9.17, 15) is 19.5 Å². The largest absolute Gasteiger partial charge is 0.391 e. The Labute approximate surface area is 210 Å². The van der Waals surface area contributed by atoms with E-state index in [1.54, 1.807) is 18.3 Å². The van der Waals surface area contributed by atoms with Gasteiger partial charge in [-0.15, -0.1) is 11.3 Å². The van der Waals surface area contributed by atoms with Gasteiger partial charge in [0.15, 0.2) is 0 Å². The minimum Gasteiger partial charge on any atom is -0.391 e. The molecule has 1 aliphatic rings. The number of nitrogens with one attached hydrogen (secondary N) is 2. The van der Waals surface area contributed by atoms with Crippen molar-refractivity contribution in [2.24, 2.45) is 11.7 Å².